The molecule has 0 aliphatic rings. The molecule has 0 aliphatic carbocycles. The standard InChI is InChI=1S/C11H11F2NO/c1-7(12)9-5-8(3-4-14)11(15-2)10(13)6-9/h5-7H,3H2,1-2H3. The zero-order chi connectivity index (χ0) is 11.4. The van der Waals surface area contributed by atoms with E-state index in [1.54, 1.807) is 0 Å². The topological polar surface area (TPSA) is 33.0 Å². The molecular weight excluding hydrogens is 200 g/mol. The molecule has 0 spiro atoms. The first-order chi connectivity index (χ1) is 7.10. The summed E-state index contributed by atoms with van der Waals surface area (Å²) in [7, 11) is 1.32. The summed E-state index contributed by atoms with van der Waals surface area (Å²) in [6.07, 6.45) is -1.26. The number of benzene rings is 1. The Bertz CT molecular complexity index is 396. The molecular formula is C11H11F2NO. The second-order valence-corrected chi connectivity index (χ2v) is 3.15. The summed E-state index contributed by atoms with van der Waals surface area (Å²) in [4.78, 5) is 0. The maximum Gasteiger partial charge on any atom is 0.165 e. The molecule has 1 aromatic carbocycles. The van der Waals surface area contributed by atoms with Crippen molar-refractivity contribution in [3.8, 4) is 11.8 Å². The lowest BCUT2D eigenvalue weighted by atomic mass is 10.0. The molecule has 1 unspecified atom stereocenters. The van der Waals surface area contributed by atoms with Crippen molar-refractivity contribution >= 4 is 0 Å². The summed E-state index contributed by atoms with van der Waals surface area (Å²) in [5.41, 5.74) is 0.595. The van der Waals surface area contributed by atoms with Gasteiger partial charge in [-0.1, -0.05) is 0 Å². The van der Waals surface area contributed by atoms with Gasteiger partial charge in [-0.25, -0.2) is 8.78 Å². The second-order valence-electron chi connectivity index (χ2n) is 3.15. The van der Waals surface area contributed by atoms with Crippen molar-refractivity contribution < 1.29 is 13.5 Å². The summed E-state index contributed by atoms with van der Waals surface area (Å²) in [6, 6.07) is 4.42. The lowest BCUT2D eigenvalue weighted by Crippen LogP contribution is -1.98. The van der Waals surface area contributed by atoms with Gasteiger partial charge in [-0.05, 0) is 24.6 Å². The molecule has 0 bridgehead atoms. The molecule has 15 heavy (non-hydrogen) atoms. The monoisotopic (exact) mass is 211 g/mol. The van der Waals surface area contributed by atoms with Crippen LogP contribution in [0.2, 0.25) is 0 Å². The lowest BCUT2D eigenvalue weighted by Gasteiger charge is -2.10. The van der Waals surface area contributed by atoms with E-state index in [4.69, 9.17) is 10.00 Å². The molecule has 0 fully saturated rings. The minimum absolute atomic E-state index is 0.000648. The number of hydrogen-bond acceptors (Lipinski definition) is 2. The quantitative estimate of drug-likeness (QED) is 0.770. The Kier molecular flexibility index (Phi) is 3.62. The highest BCUT2D eigenvalue weighted by Crippen LogP contribution is 2.28. The van der Waals surface area contributed by atoms with Crippen LogP contribution in [0.1, 0.15) is 24.2 Å². The van der Waals surface area contributed by atoms with Crippen molar-refractivity contribution in [3.05, 3.63) is 29.1 Å². The minimum atomic E-state index is -1.26. The minimum Gasteiger partial charge on any atom is -0.493 e. The van der Waals surface area contributed by atoms with Gasteiger partial charge in [-0.2, -0.15) is 5.26 Å². The molecule has 4 heteroatoms. The summed E-state index contributed by atoms with van der Waals surface area (Å²) in [5, 5.41) is 8.54. The maximum absolute atomic E-state index is 13.4. The number of halogens is 2. The van der Waals surface area contributed by atoms with Crippen LogP contribution in [0.15, 0.2) is 12.1 Å². The van der Waals surface area contributed by atoms with Gasteiger partial charge >= 0.3 is 0 Å². The van der Waals surface area contributed by atoms with Crippen LogP contribution >= 0.6 is 0 Å². The first-order valence-electron chi connectivity index (χ1n) is 4.47. The van der Waals surface area contributed by atoms with Gasteiger partial charge in [0.05, 0.1) is 19.6 Å². The Morgan fingerprint density at radius 1 is 1.53 bits per heavy atom. The highest BCUT2D eigenvalue weighted by Gasteiger charge is 2.14. The van der Waals surface area contributed by atoms with E-state index in [0.29, 0.717) is 5.56 Å². The van der Waals surface area contributed by atoms with Gasteiger partial charge in [0, 0.05) is 5.56 Å². The van der Waals surface area contributed by atoms with Crippen LogP contribution in [0.5, 0.6) is 5.75 Å². The molecule has 0 saturated carbocycles. The summed E-state index contributed by atoms with van der Waals surface area (Å²) in [5.74, 6) is -0.620. The molecule has 0 radical (unpaired) electrons. The van der Waals surface area contributed by atoms with E-state index in [1.165, 1.54) is 20.1 Å². The van der Waals surface area contributed by atoms with Crippen molar-refractivity contribution in [1.82, 2.24) is 0 Å². The van der Waals surface area contributed by atoms with E-state index in [2.05, 4.69) is 0 Å². The molecule has 0 saturated heterocycles. The first-order valence-corrected chi connectivity index (χ1v) is 4.47. The average Bonchev–Trinajstić information content (AvgIpc) is 2.17. The zero-order valence-electron chi connectivity index (χ0n) is 8.55. The van der Waals surface area contributed by atoms with Crippen LogP contribution in [0.3, 0.4) is 0 Å². The fourth-order valence-corrected chi connectivity index (χ4v) is 1.35. The van der Waals surface area contributed by atoms with E-state index >= 15 is 0 Å². The van der Waals surface area contributed by atoms with Crippen LogP contribution < -0.4 is 4.74 Å². The van der Waals surface area contributed by atoms with Gasteiger partial charge in [0.15, 0.2) is 11.6 Å². The van der Waals surface area contributed by atoms with Gasteiger partial charge in [0.1, 0.15) is 6.17 Å². The van der Waals surface area contributed by atoms with Crippen molar-refractivity contribution in [2.24, 2.45) is 0 Å². The number of nitriles is 1. The molecule has 0 amide bonds. The van der Waals surface area contributed by atoms with Crippen molar-refractivity contribution in [2.75, 3.05) is 7.11 Å². The third-order valence-corrected chi connectivity index (χ3v) is 2.08. The van der Waals surface area contributed by atoms with Gasteiger partial charge in [-0.3, -0.25) is 0 Å². The molecule has 1 rings (SSSR count). The molecule has 0 aliphatic heterocycles. The molecule has 2 nitrogen and oxygen atoms in total. The van der Waals surface area contributed by atoms with Crippen LogP contribution in [0, 0.1) is 17.1 Å². The van der Waals surface area contributed by atoms with Crippen molar-refractivity contribution in [1.29, 1.82) is 5.26 Å². The van der Waals surface area contributed by atoms with Crippen LogP contribution in [-0.4, -0.2) is 7.11 Å². The Balaban J connectivity index is 3.26. The van der Waals surface area contributed by atoms with Gasteiger partial charge in [-0.15, -0.1) is 0 Å². The van der Waals surface area contributed by atoms with Crippen LogP contribution in [0.25, 0.3) is 0 Å². The smallest absolute Gasteiger partial charge is 0.165 e. The fraction of sp³-hybridized carbons (Fsp3) is 0.364. The van der Waals surface area contributed by atoms with E-state index < -0.39 is 12.0 Å². The predicted octanol–water partition coefficient (Wildman–Crippen LogP) is 2.93. The Morgan fingerprint density at radius 3 is 2.67 bits per heavy atom. The fourth-order valence-electron chi connectivity index (χ4n) is 1.35. The zero-order valence-corrected chi connectivity index (χ0v) is 8.55. The van der Waals surface area contributed by atoms with Crippen LogP contribution in [0.4, 0.5) is 8.78 Å². The van der Waals surface area contributed by atoms with Gasteiger partial charge < -0.3 is 4.74 Å². The Morgan fingerprint density at radius 2 is 2.20 bits per heavy atom. The van der Waals surface area contributed by atoms with E-state index in [-0.39, 0.29) is 17.7 Å². The molecule has 80 valence electrons. The van der Waals surface area contributed by atoms with E-state index in [9.17, 15) is 8.78 Å². The highest BCUT2D eigenvalue weighted by atomic mass is 19.1. The largest absolute Gasteiger partial charge is 0.493 e. The van der Waals surface area contributed by atoms with E-state index in [1.807, 2.05) is 6.07 Å². The van der Waals surface area contributed by atoms with Crippen molar-refractivity contribution in [2.45, 2.75) is 19.5 Å². The average molecular weight is 211 g/mol. The normalized spacial score (nSPS) is 11.9. The highest BCUT2D eigenvalue weighted by molar-refractivity contribution is 5.40. The Labute approximate surface area is 87.1 Å². The number of nitrogens with zero attached hydrogens (tertiary/aromatic N) is 1. The van der Waals surface area contributed by atoms with Crippen molar-refractivity contribution in [3.63, 3.8) is 0 Å². The molecule has 0 N–H and O–H groups in total. The predicted molar refractivity (Wildman–Crippen MR) is 51.8 cm³/mol. The SMILES string of the molecule is COc1c(F)cc(C(C)F)cc1CC#N. The summed E-state index contributed by atoms with van der Waals surface area (Å²) in [6.45, 7) is 1.32. The Hall–Kier alpha value is -1.63. The third-order valence-electron chi connectivity index (χ3n) is 2.08. The number of ether oxygens (including phenoxy) is 1. The third kappa shape index (κ3) is 2.44. The maximum atomic E-state index is 13.4. The number of methoxy groups -OCH3 is 1. The van der Waals surface area contributed by atoms with Crippen LogP contribution in [-0.2, 0) is 6.42 Å². The summed E-state index contributed by atoms with van der Waals surface area (Å²) >= 11 is 0. The molecule has 0 aromatic heterocycles. The molecule has 1 atom stereocenters. The molecule has 1 aromatic rings. The van der Waals surface area contributed by atoms with E-state index in [0.717, 1.165) is 6.07 Å². The number of alkyl halides is 1. The number of hydrogen-bond donors (Lipinski definition) is 0. The van der Waals surface area contributed by atoms with Gasteiger partial charge in [0.25, 0.3) is 0 Å². The summed E-state index contributed by atoms with van der Waals surface area (Å²) < 4.78 is 31.2. The second kappa shape index (κ2) is 4.74. The lowest BCUT2D eigenvalue weighted by molar-refractivity contribution is 0.363. The first kappa shape index (κ1) is 11.4. The van der Waals surface area contributed by atoms with Gasteiger partial charge in [0.2, 0.25) is 0 Å². The number of rotatable bonds is 3. The molecule has 0 heterocycles.